The molecule has 0 spiro atoms. The van der Waals surface area contributed by atoms with Gasteiger partial charge in [-0.1, -0.05) is 6.42 Å². The van der Waals surface area contributed by atoms with Crippen LogP contribution in [0.3, 0.4) is 0 Å². The lowest BCUT2D eigenvalue weighted by molar-refractivity contribution is 0.0212. The minimum atomic E-state index is -0.418. The topological polar surface area (TPSA) is 44.8 Å². The number of amides is 1. The fourth-order valence-corrected chi connectivity index (χ4v) is 3.24. The van der Waals surface area contributed by atoms with Gasteiger partial charge in [-0.05, 0) is 53.9 Å². The first-order valence-electron chi connectivity index (χ1n) is 8.28. The number of carbonyl (C=O) groups is 1. The smallest absolute Gasteiger partial charge is 0.410 e. The predicted octanol–water partition coefficient (Wildman–Crippen LogP) is 2.76. The molecular weight excluding hydrogens is 266 g/mol. The summed E-state index contributed by atoms with van der Waals surface area (Å²) < 4.78 is 5.45. The van der Waals surface area contributed by atoms with Gasteiger partial charge in [0, 0.05) is 31.2 Å². The van der Waals surface area contributed by atoms with Crippen LogP contribution in [0.15, 0.2) is 0 Å². The molecule has 21 heavy (non-hydrogen) atoms. The second kappa shape index (κ2) is 6.53. The number of rotatable bonds is 2. The molecule has 0 aromatic heterocycles. The number of piperidine rings is 1. The number of nitrogens with zero attached hydrogens (tertiary/aromatic N) is 2. The second-order valence-electron chi connectivity index (χ2n) is 7.58. The molecule has 1 N–H and O–H groups in total. The number of carbonyl (C=O) groups excluding carboxylic acids is 1. The third kappa shape index (κ3) is 4.58. The van der Waals surface area contributed by atoms with Crippen molar-refractivity contribution in [2.75, 3.05) is 13.1 Å². The van der Waals surface area contributed by atoms with E-state index in [0.717, 1.165) is 19.5 Å². The van der Waals surface area contributed by atoms with E-state index in [1.807, 2.05) is 25.7 Å². The van der Waals surface area contributed by atoms with Gasteiger partial charge in [-0.2, -0.15) is 0 Å². The first-order chi connectivity index (χ1) is 9.76. The van der Waals surface area contributed by atoms with Gasteiger partial charge in [-0.3, -0.25) is 0 Å². The molecule has 122 valence electrons. The Morgan fingerprint density at radius 2 is 1.76 bits per heavy atom. The van der Waals surface area contributed by atoms with Gasteiger partial charge in [0.15, 0.2) is 0 Å². The van der Waals surface area contributed by atoms with E-state index in [4.69, 9.17) is 4.74 Å². The summed E-state index contributed by atoms with van der Waals surface area (Å²) >= 11 is 0. The molecule has 2 aliphatic heterocycles. The average Bonchev–Trinajstić information content (AvgIpc) is 2.80. The summed E-state index contributed by atoms with van der Waals surface area (Å²) in [5, 5.41) is 2.40. The maximum Gasteiger partial charge on any atom is 0.410 e. The first-order valence-corrected chi connectivity index (χ1v) is 8.28. The summed E-state index contributed by atoms with van der Waals surface area (Å²) in [5.41, 5.74) is 3.23. The van der Waals surface area contributed by atoms with Gasteiger partial charge in [0.1, 0.15) is 5.60 Å². The maximum absolute atomic E-state index is 12.1. The van der Waals surface area contributed by atoms with Crippen LogP contribution in [0.25, 0.3) is 0 Å². The number of hydrazine groups is 1. The lowest BCUT2D eigenvalue weighted by Crippen LogP contribution is -2.56. The van der Waals surface area contributed by atoms with E-state index in [2.05, 4.69) is 24.3 Å². The van der Waals surface area contributed by atoms with E-state index in [-0.39, 0.29) is 6.09 Å². The van der Waals surface area contributed by atoms with Crippen molar-refractivity contribution in [2.45, 2.75) is 84.0 Å². The van der Waals surface area contributed by atoms with Crippen molar-refractivity contribution >= 4 is 6.09 Å². The van der Waals surface area contributed by atoms with Gasteiger partial charge < -0.3 is 9.64 Å². The van der Waals surface area contributed by atoms with Crippen molar-refractivity contribution in [3.8, 4) is 0 Å². The normalized spacial score (nSPS) is 31.5. The standard InChI is InChI=1S/C16H31N3O2/c1-12-7-6-8-13(2)19(12)17-14-9-10-18(11-14)15(20)21-16(3,4)5/h12-14,17H,6-11H2,1-5H3. The lowest BCUT2D eigenvalue weighted by atomic mass is 10.00. The van der Waals surface area contributed by atoms with Crippen LogP contribution in [0.4, 0.5) is 4.79 Å². The van der Waals surface area contributed by atoms with Crippen LogP contribution in [0.1, 0.15) is 60.3 Å². The fraction of sp³-hybridized carbons (Fsp3) is 0.938. The summed E-state index contributed by atoms with van der Waals surface area (Å²) in [6, 6.07) is 1.49. The van der Waals surface area contributed by atoms with Crippen LogP contribution in [0.2, 0.25) is 0 Å². The lowest BCUT2D eigenvalue weighted by Gasteiger charge is -2.40. The first kappa shape index (κ1) is 16.6. The molecule has 0 aliphatic carbocycles. The van der Waals surface area contributed by atoms with Gasteiger partial charge in [-0.15, -0.1) is 0 Å². The number of ether oxygens (including phenoxy) is 1. The highest BCUT2D eigenvalue weighted by Gasteiger charge is 2.33. The number of hydrogen-bond acceptors (Lipinski definition) is 4. The highest BCUT2D eigenvalue weighted by Crippen LogP contribution is 2.22. The number of hydrogen-bond donors (Lipinski definition) is 1. The molecule has 5 nitrogen and oxygen atoms in total. The van der Waals surface area contributed by atoms with Crippen LogP contribution < -0.4 is 5.43 Å². The Morgan fingerprint density at radius 1 is 1.14 bits per heavy atom. The van der Waals surface area contributed by atoms with Crippen LogP contribution in [-0.4, -0.2) is 52.8 Å². The van der Waals surface area contributed by atoms with E-state index in [9.17, 15) is 4.79 Å². The Balaban J connectivity index is 1.83. The number of nitrogens with one attached hydrogen (secondary N) is 1. The molecule has 0 aromatic carbocycles. The Labute approximate surface area is 129 Å². The molecule has 2 aliphatic rings. The molecule has 2 heterocycles. The molecule has 1 amide bonds. The summed E-state index contributed by atoms with van der Waals surface area (Å²) in [4.78, 5) is 13.9. The third-order valence-corrected chi connectivity index (χ3v) is 4.37. The summed E-state index contributed by atoms with van der Waals surface area (Å²) in [5.74, 6) is 0. The van der Waals surface area contributed by atoms with E-state index < -0.39 is 5.60 Å². The van der Waals surface area contributed by atoms with E-state index >= 15 is 0 Å². The zero-order valence-corrected chi connectivity index (χ0v) is 14.2. The molecule has 2 rings (SSSR count). The van der Waals surface area contributed by atoms with Gasteiger partial charge in [0.25, 0.3) is 0 Å². The summed E-state index contributed by atoms with van der Waals surface area (Å²) in [6.45, 7) is 11.8. The minimum Gasteiger partial charge on any atom is -0.444 e. The molecule has 5 heteroatoms. The highest BCUT2D eigenvalue weighted by molar-refractivity contribution is 5.68. The molecule has 3 unspecified atom stereocenters. The molecule has 0 saturated carbocycles. The molecule has 2 fully saturated rings. The van der Waals surface area contributed by atoms with E-state index in [0.29, 0.717) is 18.1 Å². The van der Waals surface area contributed by atoms with Crippen molar-refractivity contribution in [1.82, 2.24) is 15.3 Å². The van der Waals surface area contributed by atoms with E-state index in [1.54, 1.807) is 0 Å². The maximum atomic E-state index is 12.1. The zero-order valence-electron chi connectivity index (χ0n) is 14.2. The van der Waals surface area contributed by atoms with Crippen LogP contribution in [0.5, 0.6) is 0 Å². The van der Waals surface area contributed by atoms with Gasteiger partial charge in [-0.25, -0.2) is 15.2 Å². The number of likely N-dealkylation sites (tertiary alicyclic amines) is 1. The largest absolute Gasteiger partial charge is 0.444 e. The molecule has 0 aromatic rings. The second-order valence-corrected chi connectivity index (χ2v) is 7.58. The van der Waals surface area contributed by atoms with Crippen LogP contribution >= 0.6 is 0 Å². The summed E-state index contributed by atoms with van der Waals surface area (Å²) in [6.07, 6.45) is 4.62. The molecule has 3 atom stereocenters. The Kier molecular flexibility index (Phi) is 5.15. The predicted molar refractivity (Wildman–Crippen MR) is 84.0 cm³/mol. The Morgan fingerprint density at radius 3 is 2.33 bits per heavy atom. The Bertz CT molecular complexity index is 357. The third-order valence-electron chi connectivity index (χ3n) is 4.37. The van der Waals surface area contributed by atoms with Crippen molar-refractivity contribution in [3.05, 3.63) is 0 Å². The monoisotopic (exact) mass is 297 g/mol. The SMILES string of the molecule is CC1CCCC(C)N1NC1CCN(C(=O)OC(C)(C)C)C1. The quantitative estimate of drug-likeness (QED) is 0.851. The fourth-order valence-electron chi connectivity index (χ4n) is 3.24. The van der Waals surface area contributed by atoms with Crippen LogP contribution in [0, 0.1) is 0 Å². The molecule has 2 saturated heterocycles. The van der Waals surface area contributed by atoms with Crippen molar-refractivity contribution in [2.24, 2.45) is 0 Å². The zero-order chi connectivity index (χ0) is 15.6. The highest BCUT2D eigenvalue weighted by atomic mass is 16.6. The van der Waals surface area contributed by atoms with Gasteiger partial charge in [0.2, 0.25) is 0 Å². The van der Waals surface area contributed by atoms with E-state index in [1.165, 1.54) is 19.3 Å². The van der Waals surface area contributed by atoms with Crippen molar-refractivity contribution in [1.29, 1.82) is 0 Å². The average molecular weight is 297 g/mol. The van der Waals surface area contributed by atoms with Gasteiger partial charge in [0.05, 0.1) is 0 Å². The Hall–Kier alpha value is -0.810. The van der Waals surface area contributed by atoms with Crippen molar-refractivity contribution < 1.29 is 9.53 Å². The summed E-state index contributed by atoms with van der Waals surface area (Å²) in [7, 11) is 0. The molecular formula is C16H31N3O2. The molecule has 0 radical (unpaired) electrons. The minimum absolute atomic E-state index is 0.188. The van der Waals surface area contributed by atoms with Crippen LogP contribution in [-0.2, 0) is 4.74 Å². The van der Waals surface area contributed by atoms with Crippen molar-refractivity contribution in [3.63, 3.8) is 0 Å². The molecule has 0 bridgehead atoms. The van der Waals surface area contributed by atoms with Gasteiger partial charge >= 0.3 is 6.09 Å².